The molecule has 0 spiro atoms. The van der Waals surface area contributed by atoms with Crippen LogP contribution in [0, 0.1) is 5.41 Å². The van der Waals surface area contributed by atoms with Crippen LogP contribution in [0.1, 0.15) is 50.8 Å². The summed E-state index contributed by atoms with van der Waals surface area (Å²) in [5, 5.41) is 9.66. The van der Waals surface area contributed by atoms with Gasteiger partial charge in [-0.25, -0.2) is 4.79 Å². The van der Waals surface area contributed by atoms with Gasteiger partial charge >= 0.3 is 6.09 Å². The van der Waals surface area contributed by atoms with E-state index in [1.165, 1.54) is 5.56 Å². The molecular formula is C20H29BrN2O3. The first-order chi connectivity index (χ1) is 12.2. The number of fused-ring (bicyclic) bond motifs is 1. The van der Waals surface area contributed by atoms with Gasteiger partial charge in [-0.1, -0.05) is 36.7 Å². The van der Waals surface area contributed by atoms with Gasteiger partial charge in [0.25, 0.3) is 0 Å². The molecule has 5 nitrogen and oxygen atoms in total. The maximum Gasteiger partial charge on any atom is 0.407 e. The van der Waals surface area contributed by atoms with E-state index < -0.39 is 6.09 Å². The summed E-state index contributed by atoms with van der Waals surface area (Å²) in [5.41, 5.74) is 2.09. The minimum atomic E-state index is -0.853. The molecule has 0 aliphatic carbocycles. The summed E-state index contributed by atoms with van der Waals surface area (Å²) in [4.78, 5) is 15.7. The predicted molar refractivity (Wildman–Crippen MR) is 106 cm³/mol. The van der Waals surface area contributed by atoms with Crippen molar-refractivity contribution in [3.8, 4) is 5.75 Å². The molecule has 2 aliphatic heterocycles. The first kappa shape index (κ1) is 19.5. The lowest BCUT2D eigenvalue weighted by Gasteiger charge is -2.43. The number of amides is 1. The number of hydrogen-bond acceptors (Lipinski definition) is 3. The molecule has 1 N–H and O–H groups in total. The van der Waals surface area contributed by atoms with E-state index in [-0.39, 0.29) is 17.6 Å². The first-order valence-electron chi connectivity index (χ1n) is 9.34. The van der Waals surface area contributed by atoms with Gasteiger partial charge in [0.15, 0.2) is 0 Å². The Morgan fingerprint density at radius 1 is 1.23 bits per heavy atom. The summed E-state index contributed by atoms with van der Waals surface area (Å²) in [5.74, 6) is 0.890. The lowest BCUT2D eigenvalue weighted by molar-refractivity contribution is 0.0752. The zero-order chi connectivity index (χ0) is 19.1. The molecule has 3 rings (SSSR count). The molecule has 1 amide bonds. The van der Waals surface area contributed by atoms with Crippen molar-refractivity contribution < 1.29 is 14.6 Å². The Morgan fingerprint density at radius 2 is 1.88 bits per heavy atom. The number of benzene rings is 1. The van der Waals surface area contributed by atoms with Crippen molar-refractivity contribution in [2.75, 3.05) is 26.7 Å². The van der Waals surface area contributed by atoms with E-state index in [0.29, 0.717) is 6.54 Å². The second kappa shape index (κ2) is 7.39. The van der Waals surface area contributed by atoms with Crippen molar-refractivity contribution in [3.05, 3.63) is 27.7 Å². The van der Waals surface area contributed by atoms with Crippen molar-refractivity contribution >= 4 is 22.0 Å². The van der Waals surface area contributed by atoms with Crippen LogP contribution in [0.4, 0.5) is 4.79 Å². The number of piperidine rings is 1. The molecule has 0 saturated carbocycles. The highest BCUT2D eigenvalue weighted by Gasteiger charge is 2.40. The van der Waals surface area contributed by atoms with Crippen LogP contribution in [0.15, 0.2) is 16.6 Å². The fraction of sp³-hybridized carbons (Fsp3) is 0.650. The SMILES string of the molecule is CN1CCC(Oc2cc(Br)c3c(c2)CCN(C(=O)O)C3C(C)(C)C)CC1. The summed E-state index contributed by atoms with van der Waals surface area (Å²) in [7, 11) is 2.15. The van der Waals surface area contributed by atoms with E-state index in [1.807, 2.05) is 6.07 Å². The zero-order valence-electron chi connectivity index (χ0n) is 16.1. The van der Waals surface area contributed by atoms with Gasteiger partial charge in [-0.3, -0.25) is 0 Å². The van der Waals surface area contributed by atoms with Crippen molar-refractivity contribution in [2.24, 2.45) is 5.41 Å². The quantitative estimate of drug-likeness (QED) is 0.756. The van der Waals surface area contributed by atoms with Gasteiger partial charge in [0.05, 0.1) is 6.04 Å². The van der Waals surface area contributed by atoms with E-state index >= 15 is 0 Å². The van der Waals surface area contributed by atoms with Gasteiger partial charge in [0, 0.05) is 24.1 Å². The number of hydrogen-bond donors (Lipinski definition) is 1. The lowest BCUT2D eigenvalue weighted by atomic mass is 9.77. The molecule has 2 aliphatic rings. The largest absolute Gasteiger partial charge is 0.490 e. The molecule has 1 aromatic carbocycles. The van der Waals surface area contributed by atoms with E-state index in [1.54, 1.807) is 4.90 Å². The molecule has 26 heavy (non-hydrogen) atoms. The van der Waals surface area contributed by atoms with E-state index in [0.717, 1.165) is 48.1 Å². The van der Waals surface area contributed by atoms with Crippen LogP contribution in [0.2, 0.25) is 0 Å². The highest BCUT2D eigenvalue weighted by atomic mass is 79.9. The van der Waals surface area contributed by atoms with Gasteiger partial charge in [-0.2, -0.15) is 0 Å². The third kappa shape index (κ3) is 4.01. The highest BCUT2D eigenvalue weighted by molar-refractivity contribution is 9.10. The fourth-order valence-electron chi connectivity index (χ4n) is 4.16. The van der Waals surface area contributed by atoms with Crippen molar-refractivity contribution in [3.63, 3.8) is 0 Å². The zero-order valence-corrected chi connectivity index (χ0v) is 17.7. The Balaban J connectivity index is 1.89. The molecule has 1 aromatic rings. The standard InChI is InChI=1S/C20H29BrN2O3/c1-20(2,3)18-17-13(5-10-23(18)19(24)25)11-15(12-16(17)21)26-14-6-8-22(4)9-7-14/h11-12,14,18H,5-10H2,1-4H3,(H,24,25). The molecule has 1 atom stereocenters. The van der Waals surface area contributed by atoms with Crippen LogP contribution in [0.3, 0.4) is 0 Å². The Morgan fingerprint density at radius 3 is 2.46 bits per heavy atom. The third-order valence-corrected chi connectivity index (χ3v) is 6.09. The molecule has 1 saturated heterocycles. The highest BCUT2D eigenvalue weighted by Crippen LogP contribution is 2.46. The maximum absolute atomic E-state index is 11.8. The average molecular weight is 425 g/mol. The smallest absolute Gasteiger partial charge is 0.407 e. The fourth-order valence-corrected chi connectivity index (χ4v) is 4.85. The number of carbonyl (C=O) groups is 1. The lowest BCUT2D eigenvalue weighted by Crippen LogP contribution is -2.45. The van der Waals surface area contributed by atoms with Gasteiger partial charge in [0.1, 0.15) is 11.9 Å². The normalized spacial score (nSPS) is 22.2. The van der Waals surface area contributed by atoms with Gasteiger partial charge < -0.3 is 19.6 Å². The maximum atomic E-state index is 11.8. The molecule has 1 unspecified atom stereocenters. The number of nitrogens with zero attached hydrogens (tertiary/aromatic N) is 2. The molecule has 144 valence electrons. The van der Waals surface area contributed by atoms with Crippen LogP contribution in [-0.2, 0) is 6.42 Å². The number of ether oxygens (including phenoxy) is 1. The molecule has 0 aromatic heterocycles. The number of halogens is 1. The number of likely N-dealkylation sites (tertiary alicyclic amines) is 1. The molecule has 0 bridgehead atoms. The summed E-state index contributed by atoms with van der Waals surface area (Å²) in [6.45, 7) is 8.94. The number of carboxylic acid groups (broad SMARTS) is 1. The summed E-state index contributed by atoms with van der Waals surface area (Å²) >= 11 is 3.71. The average Bonchev–Trinajstić information content (AvgIpc) is 2.55. The third-order valence-electron chi connectivity index (χ3n) is 5.43. The van der Waals surface area contributed by atoms with Crippen LogP contribution in [0.5, 0.6) is 5.75 Å². The van der Waals surface area contributed by atoms with Crippen LogP contribution < -0.4 is 4.74 Å². The van der Waals surface area contributed by atoms with Crippen LogP contribution in [0.25, 0.3) is 0 Å². The Kier molecular flexibility index (Phi) is 5.54. The molecule has 2 heterocycles. The Hall–Kier alpha value is -1.27. The first-order valence-corrected chi connectivity index (χ1v) is 10.1. The minimum Gasteiger partial charge on any atom is -0.490 e. The van der Waals surface area contributed by atoms with E-state index in [4.69, 9.17) is 4.74 Å². The molecule has 6 heteroatoms. The van der Waals surface area contributed by atoms with Crippen molar-refractivity contribution in [2.45, 2.75) is 52.2 Å². The van der Waals surface area contributed by atoms with Gasteiger partial charge in [-0.05, 0) is 55.0 Å². The molecule has 1 fully saturated rings. The van der Waals surface area contributed by atoms with Crippen LogP contribution >= 0.6 is 15.9 Å². The van der Waals surface area contributed by atoms with Crippen molar-refractivity contribution in [1.29, 1.82) is 0 Å². The Labute approximate surface area is 164 Å². The van der Waals surface area contributed by atoms with Crippen LogP contribution in [-0.4, -0.2) is 53.8 Å². The Bertz CT molecular complexity index is 678. The second-order valence-corrected chi connectivity index (χ2v) is 9.45. The predicted octanol–water partition coefficient (Wildman–Crippen LogP) is 4.55. The molecule has 0 radical (unpaired) electrons. The van der Waals surface area contributed by atoms with Crippen molar-refractivity contribution in [1.82, 2.24) is 9.80 Å². The van der Waals surface area contributed by atoms with Gasteiger partial charge in [0.2, 0.25) is 0 Å². The molecular weight excluding hydrogens is 396 g/mol. The van der Waals surface area contributed by atoms with E-state index in [9.17, 15) is 9.90 Å². The monoisotopic (exact) mass is 424 g/mol. The second-order valence-electron chi connectivity index (χ2n) is 8.59. The summed E-state index contributed by atoms with van der Waals surface area (Å²) in [6, 6.07) is 3.97. The topological polar surface area (TPSA) is 53.0 Å². The van der Waals surface area contributed by atoms with E-state index in [2.05, 4.69) is 54.7 Å². The minimum absolute atomic E-state index is 0.171. The van der Waals surface area contributed by atoms with Gasteiger partial charge in [-0.15, -0.1) is 0 Å². The summed E-state index contributed by atoms with van der Waals surface area (Å²) < 4.78 is 7.21. The summed E-state index contributed by atoms with van der Waals surface area (Å²) in [6.07, 6.45) is 2.21. The number of rotatable bonds is 2.